The molecule has 8 heteroatoms. The third-order valence-corrected chi connectivity index (χ3v) is 2.99. The van der Waals surface area contributed by atoms with Crippen molar-refractivity contribution in [1.29, 1.82) is 0 Å². The number of aromatic nitrogens is 1. The van der Waals surface area contributed by atoms with Gasteiger partial charge in [-0.2, -0.15) is 0 Å². The number of nitrogens with one attached hydrogen (secondary N) is 2. The van der Waals surface area contributed by atoms with Gasteiger partial charge in [0.25, 0.3) is 0 Å². The van der Waals surface area contributed by atoms with E-state index in [4.69, 9.17) is 17.4 Å². The number of hydrazine groups is 1. The lowest BCUT2D eigenvalue weighted by Crippen LogP contribution is -2.11. The molecule has 7 nitrogen and oxygen atoms in total. The third kappa shape index (κ3) is 3.14. The number of hydrogen-bond donors (Lipinski definition) is 3. The number of benzene rings is 1. The molecule has 1 heterocycles. The van der Waals surface area contributed by atoms with Gasteiger partial charge in [0.2, 0.25) is 5.82 Å². The number of halogens is 1. The zero-order chi connectivity index (χ0) is 14.5. The van der Waals surface area contributed by atoms with E-state index in [1.807, 2.05) is 18.2 Å². The molecule has 0 saturated carbocycles. The summed E-state index contributed by atoms with van der Waals surface area (Å²) in [4.78, 5) is 14.5. The lowest BCUT2D eigenvalue weighted by molar-refractivity contribution is -0.384. The van der Waals surface area contributed by atoms with E-state index in [1.165, 1.54) is 12.1 Å². The second-order valence-electron chi connectivity index (χ2n) is 3.91. The van der Waals surface area contributed by atoms with Crippen LogP contribution in [0.5, 0.6) is 0 Å². The standard InChI is InChI=1S/C12H12ClN5O2/c13-9-4-2-1-3-8(9)7-15-12-10(18(19)20)5-6-11(16-12)17-14/h1-6H,7,14H2,(H2,15,16,17). The zero-order valence-corrected chi connectivity index (χ0v) is 11.1. The molecule has 0 radical (unpaired) electrons. The molecule has 4 N–H and O–H groups in total. The molecule has 2 rings (SSSR count). The molecular weight excluding hydrogens is 282 g/mol. The smallest absolute Gasteiger partial charge is 0.311 e. The van der Waals surface area contributed by atoms with E-state index < -0.39 is 4.92 Å². The van der Waals surface area contributed by atoms with Crippen molar-refractivity contribution >= 4 is 28.9 Å². The van der Waals surface area contributed by atoms with E-state index in [-0.39, 0.29) is 11.5 Å². The largest absolute Gasteiger partial charge is 0.360 e. The molecule has 0 bridgehead atoms. The number of pyridine rings is 1. The van der Waals surface area contributed by atoms with Crippen LogP contribution in [0.2, 0.25) is 5.02 Å². The van der Waals surface area contributed by atoms with Crippen molar-refractivity contribution in [3.8, 4) is 0 Å². The lowest BCUT2D eigenvalue weighted by atomic mass is 10.2. The van der Waals surface area contributed by atoms with Crippen LogP contribution in [-0.4, -0.2) is 9.91 Å². The Labute approximate surface area is 119 Å². The quantitative estimate of drug-likeness (QED) is 0.444. The molecule has 0 unspecified atom stereocenters. The summed E-state index contributed by atoms with van der Waals surface area (Å²) in [6, 6.07) is 9.98. The van der Waals surface area contributed by atoms with Crippen molar-refractivity contribution in [2.45, 2.75) is 6.54 Å². The topological polar surface area (TPSA) is 106 Å². The summed E-state index contributed by atoms with van der Waals surface area (Å²) in [6.45, 7) is 0.321. The maximum atomic E-state index is 10.9. The molecule has 0 aliphatic heterocycles. The first-order valence-corrected chi connectivity index (χ1v) is 6.09. The summed E-state index contributed by atoms with van der Waals surface area (Å²) in [5.41, 5.74) is 3.03. The van der Waals surface area contributed by atoms with Gasteiger partial charge in [-0.15, -0.1) is 0 Å². The summed E-state index contributed by atoms with van der Waals surface area (Å²) >= 11 is 6.02. The molecule has 0 spiro atoms. The van der Waals surface area contributed by atoms with E-state index in [2.05, 4.69) is 15.7 Å². The van der Waals surface area contributed by atoms with E-state index >= 15 is 0 Å². The SMILES string of the molecule is NNc1ccc([N+](=O)[O-])c(NCc2ccccc2Cl)n1. The maximum Gasteiger partial charge on any atom is 0.311 e. The van der Waals surface area contributed by atoms with E-state index in [0.717, 1.165) is 5.56 Å². The Morgan fingerprint density at radius 3 is 2.70 bits per heavy atom. The minimum Gasteiger partial charge on any atom is -0.360 e. The van der Waals surface area contributed by atoms with Crippen molar-refractivity contribution in [1.82, 2.24) is 4.98 Å². The molecule has 104 valence electrons. The summed E-state index contributed by atoms with van der Waals surface area (Å²) < 4.78 is 0. The predicted molar refractivity (Wildman–Crippen MR) is 77.5 cm³/mol. The molecule has 0 atom stereocenters. The highest BCUT2D eigenvalue weighted by atomic mass is 35.5. The van der Waals surface area contributed by atoms with Gasteiger partial charge in [-0.3, -0.25) is 10.1 Å². The Bertz CT molecular complexity index is 635. The lowest BCUT2D eigenvalue weighted by Gasteiger charge is -2.09. The number of nitrogens with zero attached hydrogens (tertiary/aromatic N) is 2. The van der Waals surface area contributed by atoms with Crippen LogP contribution in [0.4, 0.5) is 17.3 Å². The van der Waals surface area contributed by atoms with Gasteiger partial charge in [-0.05, 0) is 17.7 Å². The predicted octanol–water partition coefficient (Wildman–Crippen LogP) is 2.54. The van der Waals surface area contributed by atoms with E-state index in [0.29, 0.717) is 17.4 Å². The minimum atomic E-state index is -0.512. The number of rotatable bonds is 5. The highest BCUT2D eigenvalue weighted by Crippen LogP contribution is 2.25. The van der Waals surface area contributed by atoms with Crippen LogP contribution in [0.1, 0.15) is 5.56 Å². The van der Waals surface area contributed by atoms with Gasteiger partial charge in [0.1, 0.15) is 5.82 Å². The first-order valence-electron chi connectivity index (χ1n) is 5.71. The molecule has 1 aromatic heterocycles. The Morgan fingerprint density at radius 1 is 1.30 bits per heavy atom. The molecule has 0 saturated heterocycles. The van der Waals surface area contributed by atoms with Crippen LogP contribution >= 0.6 is 11.6 Å². The number of nitrogens with two attached hydrogens (primary N) is 1. The first-order chi connectivity index (χ1) is 9.61. The molecule has 0 amide bonds. The highest BCUT2D eigenvalue weighted by Gasteiger charge is 2.15. The number of nitrogen functional groups attached to an aromatic ring is 1. The van der Waals surface area contributed by atoms with Crippen LogP contribution in [0, 0.1) is 10.1 Å². The normalized spacial score (nSPS) is 10.1. The summed E-state index contributed by atoms with van der Waals surface area (Å²) in [7, 11) is 0. The van der Waals surface area contributed by atoms with Gasteiger partial charge in [0, 0.05) is 17.6 Å². The molecule has 1 aromatic carbocycles. The molecule has 0 aliphatic rings. The van der Waals surface area contributed by atoms with Crippen LogP contribution in [0.25, 0.3) is 0 Å². The van der Waals surface area contributed by atoms with Crippen LogP contribution in [0.15, 0.2) is 36.4 Å². The average Bonchev–Trinajstić information content (AvgIpc) is 2.46. The van der Waals surface area contributed by atoms with Crippen molar-refractivity contribution in [2.75, 3.05) is 10.7 Å². The third-order valence-electron chi connectivity index (χ3n) is 2.62. The molecule has 0 aliphatic carbocycles. The Morgan fingerprint density at radius 2 is 2.05 bits per heavy atom. The van der Waals surface area contributed by atoms with Gasteiger partial charge < -0.3 is 10.7 Å². The van der Waals surface area contributed by atoms with Gasteiger partial charge in [0.15, 0.2) is 0 Å². The monoisotopic (exact) mass is 293 g/mol. The van der Waals surface area contributed by atoms with Crippen LogP contribution < -0.4 is 16.6 Å². The molecular formula is C12H12ClN5O2. The fourth-order valence-electron chi connectivity index (χ4n) is 1.63. The molecule has 0 fully saturated rings. The van der Waals surface area contributed by atoms with Crippen molar-refractivity contribution in [2.24, 2.45) is 5.84 Å². The minimum absolute atomic E-state index is 0.129. The molecule has 20 heavy (non-hydrogen) atoms. The molecule has 2 aromatic rings. The zero-order valence-electron chi connectivity index (χ0n) is 10.3. The average molecular weight is 294 g/mol. The maximum absolute atomic E-state index is 10.9. The second kappa shape index (κ2) is 6.18. The summed E-state index contributed by atoms with van der Waals surface area (Å²) in [5.74, 6) is 5.71. The van der Waals surface area contributed by atoms with Crippen LogP contribution in [0.3, 0.4) is 0 Å². The Balaban J connectivity index is 2.24. The van der Waals surface area contributed by atoms with Gasteiger partial charge in [-0.25, -0.2) is 10.8 Å². The van der Waals surface area contributed by atoms with Crippen molar-refractivity contribution in [3.63, 3.8) is 0 Å². The van der Waals surface area contributed by atoms with E-state index in [1.54, 1.807) is 6.07 Å². The van der Waals surface area contributed by atoms with Gasteiger partial charge >= 0.3 is 5.69 Å². The Hall–Kier alpha value is -2.38. The van der Waals surface area contributed by atoms with Crippen molar-refractivity contribution < 1.29 is 4.92 Å². The van der Waals surface area contributed by atoms with Gasteiger partial charge in [0.05, 0.1) is 4.92 Å². The highest BCUT2D eigenvalue weighted by molar-refractivity contribution is 6.31. The number of nitro groups is 1. The second-order valence-corrected chi connectivity index (χ2v) is 4.32. The van der Waals surface area contributed by atoms with E-state index in [9.17, 15) is 10.1 Å². The van der Waals surface area contributed by atoms with Gasteiger partial charge in [-0.1, -0.05) is 29.8 Å². The first kappa shape index (κ1) is 14.0. The van der Waals surface area contributed by atoms with Crippen LogP contribution in [-0.2, 0) is 6.54 Å². The summed E-state index contributed by atoms with van der Waals surface area (Å²) in [6.07, 6.45) is 0. The number of hydrogen-bond acceptors (Lipinski definition) is 6. The Kier molecular flexibility index (Phi) is 4.34. The fraction of sp³-hybridized carbons (Fsp3) is 0.0833. The summed E-state index contributed by atoms with van der Waals surface area (Å²) in [5, 5.41) is 14.4. The number of anilines is 2. The van der Waals surface area contributed by atoms with Crippen molar-refractivity contribution in [3.05, 3.63) is 57.1 Å². The fourth-order valence-corrected chi connectivity index (χ4v) is 1.83.